The molecule has 0 aliphatic carbocycles. The fourth-order valence-electron chi connectivity index (χ4n) is 2.96. The number of alkyl halides is 21. The third-order valence-corrected chi connectivity index (χ3v) is 5.48. The smallest absolute Gasteiger partial charge is 0.244 e. The van der Waals surface area contributed by atoms with Crippen molar-refractivity contribution >= 4 is 0 Å². The molecule has 0 saturated heterocycles. The first-order valence-electron chi connectivity index (χ1n) is 9.88. The fraction of sp³-hybridized carbons (Fsp3) is 0.684. The highest BCUT2D eigenvalue weighted by molar-refractivity contribution is 5.24. The predicted molar refractivity (Wildman–Crippen MR) is 93.2 cm³/mol. The first kappa shape index (κ1) is 36.7. The highest BCUT2D eigenvalue weighted by atomic mass is 19.4. The van der Waals surface area contributed by atoms with Crippen LogP contribution in [-0.4, -0.2) is 59.6 Å². The van der Waals surface area contributed by atoms with E-state index in [4.69, 9.17) is 0 Å². The summed E-state index contributed by atoms with van der Waals surface area (Å²) in [6.45, 7) is 0.934. The van der Waals surface area contributed by atoms with Gasteiger partial charge in [0.1, 0.15) is 0 Å². The second-order valence-corrected chi connectivity index (χ2v) is 8.78. The molecule has 0 spiro atoms. The minimum atomic E-state index is -9.19. The molecule has 240 valence electrons. The molecule has 1 aromatic rings. The van der Waals surface area contributed by atoms with E-state index >= 15 is 0 Å². The first-order chi connectivity index (χ1) is 17.6. The molecule has 0 heterocycles. The van der Waals surface area contributed by atoms with Gasteiger partial charge in [-0.05, 0) is 19.4 Å². The zero-order valence-electron chi connectivity index (χ0n) is 19.3. The Balaban J connectivity index is 3.74. The van der Waals surface area contributed by atoms with Crippen molar-refractivity contribution in [1.29, 1.82) is 0 Å². The third-order valence-electron chi connectivity index (χ3n) is 5.48. The molecule has 1 nitrogen and oxygen atoms in total. The molecule has 0 saturated carbocycles. The van der Waals surface area contributed by atoms with Crippen molar-refractivity contribution in [1.82, 2.24) is 5.32 Å². The van der Waals surface area contributed by atoms with E-state index in [0.717, 1.165) is 24.3 Å². The maximum absolute atomic E-state index is 14.2. The average molecular weight is 653 g/mol. The minimum absolute atomic E-state index is 0.327. The van der Waals surface area contributed by atoms with Crippen molar-refractivity contribution in [3.63, 3.8) is 0 Å². The van der Waals surface area contributed by atoms with E-state index in [0.29, 0.717) is 19.2 Å². The summed E-state index contributed by atoms with van der Waals surface area (Å²) in [7, 11) is 0. The first-order valence-corrected chi connectivity index (χ1v) is 9.88. The maximum Gasteiger partial charge on any atom is 0.460 e. The van der Waals surface area contributed by atoms with E-state index in [2.05, 4.69) is 0 Å². The molecule has 22 heteroatoms. The van der Waals surface area contributed by atoms with Gasteiger partial charge in [0.2, 0.25) is 0 Å². The van der Waals surface area contributed by atoms with Crippen molar-refractivity contribution in [3.8, 4) is 0 Å². The van der Waals surface area contributed by atoms with Crippen molar-refractivity contribution in [3.05, 3.63) is 35.9 Å². The molecule has 0 radical (unpaired) electrons. The summed E-state index contributed by atoms with van der Waals surface area (Å²) in [6, 6.07) is -2.05. The molecule has 1 N–H and O–H groups in total. The van der Waals surface area contributed by atoms with Crippen LogP contribution in [0.25, 0.3) is 0 Å². The summed E-state index contributed by atoms with van der Waals surface area (Å²) in [5.41, 5.74) is -3.24. The molecule has 1 rings (SSSR count). The summed E-state index contributed by atoms with van der Waals surface area (Å²) in [5.74, 6) is -70.5. The highest BCUT2D eigenvalue weighted by Crippen LogP contribution is 2.66. The molecule has 0 unspecified atom stereocenters. The van der Waals surface area contributed by atoms with Gasteiger partial charge in [-0.15, -0.1) is 0 Å². The van der Waals surface area contributed by atoms with Crippen LogP contribution in [0, 0.1) is 0 Å². The lowest BCUT2D eigenvalue weighted by Gasteiger charge is -2.45. The van der Waals surface area contributed by atoms with Gasteiger partial charge in [0.25, 0.3) is 0 Å². The molecule has 0 amide bonds. The Kier molecular flexibility index (Phi) is 8.61. The van der Waals surface area contributed by atoms with Crippen LogP contribution in [0.4, 0.5) is 92.2 Å². The topological polar surface area (TPSA) is 12.0 Å². The minimum Gasteiger partial charge on any atom is -0.244 e. The lowest BCUT2D eigenvalue weighted by Crippen LogP contribution is -2.77. The van der Waals surface area contributed by atoms with Crippen LogP contribution >= 0.6 is 0 Å². The van der Waals surface area contributed by atoms with Crippen LogP contribution in [0.2, 0.25) is 0 Å². The van der Waals surface area contributed by atoms with Gasteiger partial charge < -0.3 is 0 Å². The molecule has 0 aliphatic heterocycles. The third kappa shape index (κ3) is 4.94. The Morgan fingerprint density at radius 2 is 0.659 bits per heavy atom. The largest absolute Gasteiger partial charge is 0.460 e. The summed E-state index contributed by atoms with van der Waals surface area (Å²) >= 11 is 0. The van der Waals surface area contributed by atoms with E-state index < -0.39 is 70.7 Å². The second-order valence-electron chi connectivity index (χ2n) is 8.78. The van der Waals surface area contributed by atoms with Gasteiger partial charge in [-0.1, -0.05) is 30.3 Å². The number of nitrogens with one attached hydrogen (secondary N) is 1. The lowest BCUT2D eigenvalue weighted by molar-refractivity contribution is -0.475. The summed E-state index contributed by atoms with van der Waals surface area (Å²) < 4.78 is 282. The van der Waals surface area contributed by atoms with Crippen LogP contribution < -0.4 is 5.32 Å². The molecular formula is C19H12F21N. The van der Waals surface area contributed by atoms with Gasteiger partial charge in [-0.3, -0.25) is 0 Å². The van der Waals surface area contributed by atoms with Gasteiger partial charge in [-0.25, -0.2) is 5.32 Å². The van der Waals surface area contributed by atoms with Crippen molar-refractivity contribution < 1.29 is 92.2 Å². The summed E-state index contributed by atoms with van der Waals surface area (Å²) in [4.78, 5) is 0. The van der Waals surface area contributed by atoms with Crippen LogP contribution in [-0.2, 0) is 5.54 Å². The Morgan fingerprint density at radius 1 is 0.390 bits per heavy atom. The normalized spacial score (nSPS) is 16.3. The average Bonchev–Trinajstić information content (AvgIpc) is 2.77. The molecule has 0 aromatic heterocycles. The Bertz CT molecular complexity index is 1070. The van der Waals surface area contributed by atoms with Gasteiger partial charge in [-0.2, -0.15) is 92.2 Å². The summed E-state index contributed by atoms with van der Waals surface area (Å²) in [6.07, 6.45) is -8.01. The standard InChI is InChI=1S/C19H12F21N/c1-9(2,8-6-4-3-5-7-8)41-19(39,40)17(34,35)15(30,31)13(26,27)11(22,23)10(20,21)12(24,25)14(28,29)16(32,33)18(36,37)38/h3-7,41H,1-2H3. The van der Waals surface area contributed by atoms with Crippen LogP contribution in [0.5, 0.6) is 0 Å². The molecule has 41 heavy (non-hydrogen) atoms. The second kappa shape index (κ2) is 9.61. The molecule has 0 atom stereocenters. The SMILES string of the molecule is CC(C)(NC(F)(F)C(F)(F)C(F)(F)C(F)(F)C(F)(F)C(F)(F)C(F)(F)C(F)(F)C(F)(F)C(F)(F)F)c1ccccc1. The van der Waals surface area contributed by atoms with E-state index in [1.54, 1.807) is 0 Å². The zero-order chi connectivity index (χ0) is 33.3. The molecule has 0 fully saturated rings. The maximum atomic E-state index is 14.2. The van der Waals surface area contributed by atoms with E-state index in [1.165, 1.54) is 6.07 Å². The number of hydrogen-bond donors (Lipinski definition) is 1. The number of hydrogen-bond acceptors (Lipinski definition) is 1. The fourth-order valence-corrected chi connectivity index (χ4v) is 2.96. The Morgan fingerprint density at radius 3 is 0.951 bits per heavy atom. The van der Waals surface area contributed by atoms with Crippen LogP contribution in [0.1, 0.15) is 19.4 Å². The van der Waals surface area contributed by atoms with Crippen LogP contribution in [0.3, 0.4) is 0 Å². The zero-order valence-corrected chi connectivity index (χ0v) is 19.3. The van der Waals surface area contributed by atoms with E-state index in [9.17, 15) is 92.2 Å². The van der Waals surface area contributed by atoms with Crippen molar-refractivity contribution in [2.45, 2.75) is 79.0 Å². The molecular weight excluding hydrogens is 641 g/mol. The lowest BCUT2D eigenvalue weighted by atomic mass is 9.86. The van der Waals surface area contributed by atoms with Crippen molar-refractivity contribution in [2.24, 2.45) is 0 Å². The molecule has 1 aromatic carbocycles. The Labute approximate surface area is 213 Å². The number of rotatable bonds is 11. The quantitative estimate of drug-likeness (QED) is 0.186. The molecule has 0 aliphatic rings. The molecule has 0 bridgehead atoms. The van der Waals surface area contributed by atoms with Crippen LogP contribution in [0.15, 0.2) is 30.3 Å². The Hall–Kier alpha value is -2.29. The predicted octanol–water partition coefficient (Wildman–Crippen LogP) is 8.75. The van der Waals surface area contributed by atoms with Gasteiger partial charge in [0.05, 0.1) is 0 Å². The van der Waals surface area contributed by atoms with Crippen molar-refractivity contribution in [2.75, 3.05) is 0 Å². The van der Waals surface area contributed by atoms with Gasteiger partial charge in [0.15, 0.2) is 0 Å². The highest BCUT2D eigenvalue weighted by Gasteiger charge is 2.98. The summed E-state index contributed by atoms with van der Waals surface area (Å²) in [5, 5.41) is 0.327. The van der Waals surface area contributed by atoms with Gasteiger partial charge >= 0.3 is 59.6 Å². The number of benzene rings is 1. The van der Waals surface area contributed by atoms with E-state index in [-0.39, 0.29) is 0 Å². The van der Waals surface area contributed by atoms with Gasteiger partial charge in [0, 0.05) is 5.54 Å². The number of halogens is 21. The van der Waals surface area contributed by atoms with E-state index in [1.807, 2.05) is 0 Å². The monoisotopic (exact) mass is 653 g/mol.